The Labute approximate surface area is 851 Å². The highest BCUT2D eigenvalue weighted by Crippen LogP contribution is 2.41. The van der Waals surface area contributed by atoms with Crippen molar-refractivity contribution in [2.24, 2.45) is 41.4 Å². The molecule has 16 aliphatic rings. The predicted molar refractivity (Wildman–Crippen MR) is 549 cm³/mol. The maximum atomic E-state index is 13.2. The van der Waals surface area contributed by atoms with Crippen molar-refractivity contribution >= 4 is 65.3 Å². The van der Waals surface area contributed by atoms with E-state index in [2.05, 4.69) is 69.7 Å². The zero-order valence-corrected chi connectivity index (χ0v) is 85.7. The standard InChI is InChI=1S/C24H33N3O3.C23H33N3O3.C22H32N4O3.C22H31N3O3.C21H31N5O2/c28-23(29)15-26-8-5-16(6-9-26)24(30)27-10-7-17-11-19-12-18-3-1-2-4-21(18)25-22(19)13-20(17)14-27;27-22(28)16-25-11-9-19(10-12-25)23(29)26-13-7-17(8-14-26)15-20-6-5-18-3-1-2-4-21(18)24-20;27-21(28)16-24-11-13-26(14-12-24)22(29)25-9-7-17(8-10-25)15-19-6-5-18-3-1-2-4-20(18)23-19;26-21(27)15-24-11-7-18(8-12-24)22(28)25-13-9-17(10-14-25)20-6-5-16-3-1-2-4-19(16)23-20;1-16(27)15-24-11-13-26(14-12-24)21(28)25-9-6-17(7-10-25)19-5-4-18-3-2-8-22-20(18)23-19/h12,16-17,20H,1-11,13-15H2,(H,28,29);5-6,17,19H,1-4,7-16H2,(H,27,28);5-6,17H,1-4,7-16H2,(H,27,28);5-6,17-18H,1-4,7-15H2,(H,26,27);4-5,17H,2-3,6-15H2,1H3,(H,22,23). The number of carboxylic acid groups (broad SMARTS) is 4. The number of Topliss-reactive ketones (excluding diaryl/α,β-unsaturated/α-hetero) is 1. The number of nitrogens with zero attached hydrogens (tertiary/aromatic N) is 17. The van der Waals surface area contributed by atoms with Crippen LogP contribution in [-0.4, -0.2) is 360 Å². The van der Waals surface area contributed by atoms with E-state index in [0.29, 0.717) is 126 Å². The summed E-state index contributed by atoms with van der Waals surface area (Å²) >= 11 is 0. The summed E-state index contributed by atoms with van der Waals surface area (Å²) in [6.45, 7) is 21.5. The fraction of sp³-hybridized carbons (Fsp3) is 0.688. The number of hydrogen-bond acceptors (Lipinski definition) is 21. The maximum absolute atomic E-state index is 13.2. The van der Waals surface area contributed by atoms with Gasteiger partial charge in [0, 0.05) is 205 Å². The van der Waals surface area contributed by atoms with E-state index in [1.54, 1.807) is 6.92 Å². The van der Waals surface area contributed by atoms with Crippen LogP contribution in [0.5, 0.6) is 0 Å². The number of carboxylic acids is 4. The summed E-state index contributed by atoms with van der Waals surface area (Å²) in [4.78, 5) is 168. The average Bonchev–Trinajstić information content (AvgIpc) is 0.770. The Morgan fingerprint density at radius 3 is 1.09 bits per heavy atom. The van der Waals surface area contributed by atoms with Crippen LogP contribution in [0.1, 0.15) is 257 Å². The molecule has 0 saturated carbocycles. The van der Waals surface area contributed by atoms with Gasteiger partial charge in [-0.1, -0.05) is 30.3 Å². The van der Waals surface area contributed by atoms with Crippen LogP contribution in [0.25, 0.3) is 0 Å². The van der Waals surface area contributed by atoms with Crippen LogP contribution in [0.15, 0.2) is 54.6 Å². The summed E-state index contributed by atoms with van der Waals surface area (Å²) < 4.78 is 0. The van der Waals surface area contributed by atoms with Gasteiger partial charge in [-0.25, -0.2) is 14.6 Å². The summed E-state index contributed by atoms with van der Waals surface area (Å²) in [5, 5.41) is 39.1. The molecule has 5 aromatic rings. The van der Waals surface area contributed by atoms with Gasteiger partial charge in [-0.15, -0.1) is 0 Å². The number of aliphatic carboxylic acids is 4. The SMILES string of the molecule is CC(=O)CN1CCN(C(=O)N2CCC(c3ccc4c(n3)NCCC4)CC2)CC1.O=C(O)CN1CCC(C(=O)N2CCC(Cc3ccc4c(n3)CCCC4)CC2)CC1.O=C(O)CN1CCC(C(=O)N2CCC(c3ccc4c(n3)CCCC4)CC2)CC1.O=C(O)CN1CCC(C(=O)N2CCC3Cc4cc5c(nc4CC3C2)CCCC5)CC1.O=C(O)CN1CCN(C(=O)N2CCC(Cc3ccc4c(n3)CCCC4)CC2)CC1. The number of aromatic nitrogens is 5. The van der Waals surface area contributed by atoms with Gasteiger partial charge in [0.15, 0.2) is 0 Å². The highest BCUT2D eigenvalue weighted by atomic mass is 16.4. The van der Waals surface area contributed by atoms with Crippen LogP contribution in [0.3, 0.4) is 0 Å². The fourth-order valence-corrected chi connectivity index (χ4v) is 25.8. The number of likely N-dealkylation sites (tertiary alicyclic amines) is 8. The van der Waals surface area contributed by atoms with E-state index in [4.69, 9.17) is 45.3 Å². The second kappa shape index (κ2) is 51.0. The van der Waals surface area contributed by atoms with E-state index < -0.39 is 23.9 Å². The first kappa shape index (κ1) is 105. The third-order valence-electron chi connectivity index (χ3n) is 34.4. The first-order valence-electron chi connectivity index (χ1n) is 55.5. The molecule has 5 aromatic heterocycles. The van der Waals surface area contributed by atoms with Gasteiger partial charge in [-0.3, -0.25) is 82.8 Å². The molecule has 0 spiro atoms. The number of fused-ring (bicyclic) bond motifs is 7. The predicted octanol–water partition coefficient (Wildman–Crippen LogP) is 11.3. The number of carbonyl (C=O) groups excluding carboxylic acids is 6. The number of rotatable bonds is 19. The number of amides is 7. The topological polar surface area (TPSA) is 367 Å². The third-order valence-corrected chi connectivity index (χ3v) is 34.4. The Hall–Kier alpha value is -10.2. The summed E-state index contributed by atoms with van der Waals surface area (Å²) in [5.74, 6) is 2.46. The molecule has 0 bridgehead atoms. The number of piperidine rings is 8. The van der Waals surface area contributed by atoms with Crippen molar-refractivity contribution in [1.29, 1.82) is 0 Å². The van der Waals surface area contributed by atoms with Crippen molar-refractivity contribution in [3.05, 3.63) is 139 Å². The van der Waals surface area contributed by atoms with Crippen LogP contribution in [0, 0.1) is 41.4 Å². The Morgan fingerprint density at radius 2 is 0.646 bits per heavy atom. The van der Waals surface area contributed by atoms with Gasteiger partial charge >= 0.3 is 35.9 Å². The van der Waals surface area contributed by atoms with Crippen molar-refractivity contribution in [2.75, 3.05) is 202 Å². The minimum absolute atomic E-state index is 0.0588. The van der Waals surface area contributed by atoms with Gasteiger partial charge in [-0.2, -0.15) is 0 Å². The lowest BCUT2D eigenvalue weighted by Gasteiger charge is -2.43. The zero-order chi connectivity index (χ0) is 100. The number of carbonyl (C=O) groups is 10. The van der Waals surface area contributed by atoms with Gasteiger partial charge in [0.25, 0.3) is 0 Å². The summed E-state index contributed by atoms with van der Waals surface area (Å²) in [6.07, 6.45) is 39.8. The maximum Gasteiger partial charge on any atom is 0.320 e. The van der Waals surface area contributed by atoms with E-state index >= 15 is 0 Å². The molecule has 16 heterocycles. The lowest BCUT2D eigenvalue weighted by atomic mass is 9.73. The van der Waals surface area contributed by atoms with Crippen LogP contribution in [0.2, 0.25) is 0 Å². The largest absolute Gasteiger partial charge is 0.480 e. The zero-order valence-electron chi connectivity index (χ0n) is 85.7. The minimum Gasteiger partial charge on any atom is -0.480 e. The van der Waals surface area contributed by atoms with Crippen LogP contribution in [0.4, 0.5) is 15.4 Å². The number of anilines is 1. The summed E-state index contributed by atoms with van der Waals surface area (Å²) in [7, 11) is 0. The van der Waals surface area contributed by atoms with E-state index in [1.807, 2.05) is 49.0 Å². The molecule has 782 valence electrons. The molecular weight excluding hydrogens is 1820 g/mol. The molecule has 0 aromatic carbocycles. The first-order chi connectivity index (χ1) is 69.9. The number of aryl methyl sites for hydroxylation is 9. The molecule has 10 saturated heterocycles. The fourth-order valence-electron chi connectivity index (χ4n) is 25.8. The number of urea groups is 2. The molecule has 0 radical (unpaired) electrons. The molecule has 144 heavy (non-hydrogen) atoms. The van der Waals surface area contributed by atoms with Gasteiger partial charge < -0.3 is 60.0 Å². The smallest absolute Gasteiger partial charge is 0.320 e. The number of piperazine rings is 2. The molecule has 2 unspecified atom stereocenters. The number of nitrogens with one attached hydrogen (secondary N) is 1. The third kappa shape index (κ3) is 28.8. The average molecular weight is 1980 g/mol. The summed E-state index contributed by atoms with van der Waals surface area (Å²) in [6, 6.07) is 20.6. The van der Waals surface area contributed by atoms with Crippen molar-refractivity contribution in [3.8, 4) is 0 Å². The highest BCUT2D eigenvalue weighted by molar-refractivity contribution is 5.81. The molecule has 21 rings (SSSR count). The van der Waals surface area contributed by atoms with Crippen molar-refractivity contribution < 1.29 is 68.4 Å². The van der Waals surface area contributed by atoms with Gasteiger partial charge in [-0.05, 0) is 365 Å². The van der Waals surface area contributed by atoms with Gasteiger partial charge in [0.05, 0.1) is 32.7 Å². The monoisotopic (exact) mass is 1980 g/mol. The Morgan fingerprint density at radius 1 is 0.299 bits per heavy atom. The lowest BCUT2D eigenvalue weighted by Crippen LogP contribution is -2.54. The minimum atomic E-state index is -0.805. The lowest BCUT2D eigenvalue weighted by molar-refractivity contribution is -0.142. The molecule has 5 N–H and O–H groups in total. The van der Waals surface area contributed by atoms with Crippen LogP contribution >= 0.6 is 0 Å². The number of hydrogen-bond donors (Lipinski definition) is 5. The van der Waals surface area contributed by atoms with Crippen molar-refractivity contribution in [3.63, 3.8) is 0 Å². The first-order valence-corrected chi connectivity index (χ1v) is 55.5. The molecule has 11 aliphatic heterocycles. The van der Waals surface area contributed by atoms with Crippen LogP contribution in [-0.2, 0) is 122 Å². The molecular formula is C112H160N18O14. The Balaban J connectivity index is 0.000000123. The normalized spacial score (nSPS) is 22.7. The number of ketones is 1. The Kier molecular flexibility index (Phi) is 37.2. The van der Waals surface area contributed by atoms with Crippen molar-refractivity contribution in [1.82, 2.24) is 83.7 Å². The van der Waals surface area contributed by atoms with Gasteiger partial charge in [0.1, 0.15) is 11.6 Å². The van der Waals surface area contributed by atoms with Gasteiger partial charge in [0.2, 0.25) is 17.7 Å². The Bertz CT molecular complexity index is 4970. The molecule has 32 heteroatoms. The molecule has 2 atom stereocenters. The second-order valence-electron chi connectivity index (χ2n) is 44.5. The van der Waals surface area contributed by atoms with Crippen LogP contribution < -0.4 is 5.32 Å². The van der Waals surface area contributed by atoms with E-state index in [1.165, 1.54) is 162 Å². The summed E-state index contributed by atoms with van der Waals surface area (Å²) in [5.41, 5.74) is 20.0. The molecule has 7 amide bonds. The van der Waals surface area contributed by atoms with Crippen molar-refractivity contribution in [2.45, 2.75) is 256 Å². The van der Waals surface area contributed by atoms with E-state index in [9.17, 15) is 47.9 Å². The highest BCUT2D eigenvalue weighted by Gasteiger charge is 2.42. The quantitative estimate of drug-likeness (QED) is 0.0512. The molecule has 10 fully saturated rings. The molecule has 5 aliphatic carbocycles. The van der Waals surface area contributed by atoms with E-state index in [-0.39, 0.29) is 73.6 Å². The second-order valence-corrected chi connectivity index (χ2v) is 44.5. The molecule has 32 nitrogen and oxygen atoms in total. The van der Waals surface area contributed by atoms with E-state index in [0.717, 1.165) is 251 Å². The number of pyridine rings is 5.